The molecule has 14 heteroatoms. The smallest absolute Gasteiger partial charge is 0.505 e. The number of carbonyl (C=O) groups is 4. The van der Waals surface area contributed by atoms with Crippen molar-refractivity contribution >= 4 is 24.6 Å². The normalized spacial score (nSPS) is 10.1. The molecule has 0 bridgehead atoms. The number of hydrogen-bond acceptors (Lipinski definition) is 12. The summed E-state index contributed by atoms with van der Waals surface area (Å²) in [5, 5.41) is 35.0. The molecule has 0 aromatic heterocycles. The van der Waals surface area contributed by atoms with Crippen molar-refractivity contribution in [3.8, 4) is 0 Å². The molecule has 0 amide bonds. The van der Waals surface area contributed by atoms with Crippen LogP contribution < -0.4 is 10.2 Å². The standard InChI is InChI=1S/C5H8O6.C4H6O6.C4H10O2/c1-3(11-5(8)9)2-10-4(6)7;5-3(6)9-1-2-10-4(7)8;1-4(5-2)6-3/h3H,2H2,1H3,(H,6,7)(H,8,9);1-2H2,(H,5,6)(H,7,8);4H,1-3H3/p-2. The molecule has 160 valence electrons. The van der Waals surface area contributed by atoms with Gasteiger partial charge in [-0.05, 0) is 13.8 Å². The molecule has 0 aromatic carbocycles. The fourth-order valence-corrected chi connectivity index (χ4v) is 0.737. The van der Waals surface area contributed by atoms with E-state index in [-0.39, 0.29) is 26.1 Å². The quantitative estimate of drug-likeness (QED) is 0.218. The summed E-state index contributed by atoms with van der Waals surface area (Å²) in [6, 6.07) is 0. The largest absolute Gasteiger partial charge is 0.546 e. The fourth-order valence-electron chi connectivity index (χ4n) is 0.737. The lowest BCUT2D eigenvalue weighted by atomic mass is 10.4. The third kappa shape index (κ3) is 35.1. The minimum atomic E-state index is -1.70. The van der Waals surface area contributed by atoms with Crippen molar-refractivity contribution in [2.45, 2.75) is 26.2 Å². The number of hydrogen-bond donors (Lipinski definition) is 2. The summed E-state index contributed by atoms with van der Waals surface area (Å²) in [4.78, 5) is 38.6. The van der Waals surface area contributed by atoms with E-state index in [2.05, 4.69) is 28.4 Å². The number of rotatable bonds is 8. The second kappa shape index (κ2) is 19.3. The third-order valence-corrected chi connectivity index (χ3v) is 1.93. The maximum Gasteiger partial charge on any atom is 0.505 e. The van der Waals surface area contributed by atoms with Gasteiger partial charge in [0, 0.05) is 14.2 Å². The molecular weight excluding hydrogens is 380 g/mol. The summed E-state index contributed by atoms with van der Waals surface area (Å²) in [6.45, 7) is 2.19. The second-order valence-corrected chi connectivity index (χ2v) is 4.01. The molecule has 27 heavy (non-hydrogen) atoms. The van der Waals surface area contributed by atoms with Gasteiger partial charge in [0.15, 0.2) is 6.29 Å². The molecule has 0 aliphatic heterocycles. The van der Waals surface area contributed by atoms with Crippen molar-refractivity contribution in [2.24, 2.45) is 0 Å². The molecule has 0 saturated heterocycles. The van der Waals surface area contributed by atoms with Gasteiger partial charge in [0.05, 0.1) is 12.7 Å². The Balaban J connectivity index is -0.000000334. The molecule has 0 aromatic rings. The Hall–Kier alpha value is -3.00. The van der Waals surface area contributed by atoms with Crippen LogP contribution in [0.1, 0.15) is 13.8 Å². The summed E-state index contributed by atoms with van der Waals surface area (Å²) in [6.07, 6.45) is -7.25. The number of carbonyl (C=O) groups excluding carboxylic acids is 2. The highest BCUT2D eigenvalue weighted by molar-refractivity contribution is 5.57. The fraction of sp³-hybridized carbons (Fsp3) is 0.692. The van der Waals surface area contributed by atoms with Crippen molar-refractivity contribution in [1.29, 1.82) is 0 Å². The van der Waals surface area contributed by atoms with Crippen LogP contribution in [0, 0.1) is 0 Å². The first-order chi connectivity index (χ1) is 12.5. The Labute approximate surface area is 154 Å². The van der Waals surface area contributed by atoms with E-state index in [1.807, 2.05) is 6.92 Å². The highest BCUT2D eigenvalue weighted by Gasteiger charge is 2.03. The topological polar surface area (TPSA) is 210 Å². The van der Waals surface area contributed by atoms with Gasteiger partial charge in [0.25, 0.3) is 12.3 Å². The predicted octanol–water partition coefficient (Wildman–Crippen LogP) is -0.904. The predicted molar refractivity (Wildman–Crippen MR) is 78.7 cm³/mol. The molecule has 0 rings (SSSR count). The molecule has 0 radical (unpaired) electrons. The van der Waals surface area contributed by atoms with Crippen molar-refractivity contribution < 1.29 is 68.0 Å². The van der Waals surface area contributed by atoms with E-state index in [0.29, 0.717) is 0 Å². The van der Waals surface area contributed by atoms with E-state index in [1.165, 1.54) is 6.92 Å². The molecule has 14 nitrogen and oxygen atoms in total. The summed E-state index contributed by atoms with van der Waals surface area (Å²) < 4.78 is 25.1. The molecule has 0 aliphatic carbocycles. The maximum atomic E-state index is 9.75. The van der Waals surface area contributed by atoms with Crippen LogP contribution in [0.2, 0.25) is 0 Å². The first kappa shape index (κ1) is 28.8. The average Bonchev–Trinajstić information content (AvgIpc) is 2.56. The first-order valence-electron chi connectivity index (χ1n) is 6.94. The Bertz CT molecular complexity index is 403. The van der Waals surface area contributed by atoms with E-state index < -0.39 is 30.7 Å². The number of carboxylic acid groups (broad SMARTS) is 4. The maximum absolute atomic E-state index is 9.75. The molecule has 1 unspecified atom stereocenters. The zero-order valence-electron chi connectivity index (χ0n) is 15.1. The molecule has 0 saturated carbocycles. The number of methoxy groups -OCH3 is 2. The van der Waals surface area contributed by atoms with E-state index in [9.17, 15) is 29.4 Å². The van der Waals surface area contributed by atoms with E-state index >= 15 is 0 Å². The molecule has 0 aliphatic rings. The Morgan fingerprint density at radius 2 is 1.26 bits per heavy atom. The summed E-state index contributed by atoms with van der Waals surface area (Å²) in [5.74, 6) is 0. The van der Waals surface area contributed by atoms with Gasteiger partial charge in [-0.15, -0.1) is 0 Å². The molecular formula is C13H22O14-2. The summed E-state index contributed by atoms with van der Waals surface area (Å²) in [7, 11) is 3.21. The summed E-state index contributed by atoms with van der Waals surface area (Å²) >= 11 is 0. The van der Waals surface area contributed by atoms with Crippen molar-refractivity contribution in [3.63, 3.8) is 0 Å². The van der Waals surface area contributed by atoms with Crippen LogP contribution >= 0.6 is 0 Å². The first-order valence-corrected chi connectivity index (χ1v) is 6.94. The van der Waals surface area contributed by atoms with E-state index in [1.54, 1.807) is 14.2 Å². The zero-order valence-corrected chi connectivity index (χ0v) is 15.1. The lowest BCUT2D eigenvalue weighted by molar-refractivity contribution is -0.288. The van der Waals surface area contributed by atoms with Gasteiger partial charge in [0.1, 0.15) is 13.2 Å². The minimum absolute atomic E-state index is 0.0648. The van der Waals surface area contributed by atoms with Crippen molar-refractivity contribution in [1.82, 2.24) is 0 Å². The van der Waals surface area contributed by atoms with Gasteiger partial charge in [-0.25, -0.2) is 9.59 Å². The summed E-state index contributed by atoms with van der Waals surface area (Å²) in [5.41, 5.74) is 0. The van der Waals surface area contributed by atoms with Crippen LogP contribution in [0.15, 0.2) is 0 Å². The lowest BCUT2D eigenvalue weighted by Gasteiger charge is -2.15. The van der Waals surface area contributed by atoms with Gasteiger partial charge < -0.3 is 58.4 Å². The van der Waals surface area contributed by atoms with E-state index in [0.717, 1.165) is 0 Å². The Morgan fingerprint density at radius 3 is 1.56 bits per heavy atom. The second-order valence-electron chi connectivity index (χ2n) is 4.01. The molecule has 2 N–H and O–H groups in total. The minimum Gasteiger partial charge on any atom is -0.546 e. The van der Waals surface area contributed by atoms with Crippen molar-refractivity contribution in [2.75, 3.05) is 34.0 Å². The Kier molecular flexibility index (Phi) is 20.6. The highest BCUT2D eigenvalue weighted by atomic mass is 16.7. The lowest BCUT2D eigenvalue weighted by Crippen LogP contribution is -2.30. The van der Waals surface area contributed by atoms with Gasteiger partial charge in [-0.1, -0.05) is 0 Å². The number of ether oxygens (including phenoxy) is 6. The van der Waals surface area contributed by atoms with Gasteiger partial charge in [-0.2, -0.15) is 0 Å². The zero-order chi connectivity index (χ0) is 21.8. The van der Waals surface area contributed by atoms with Crippen LogP contribution in [0.5, 0.6) is 0 Å². The molecule has 0 heterocycles. The monoisotopic (exact) mass is 402 g/mol. The van der Waals surface area contributed by atoms with Crippen LogP contribution in [-0.2, 0) is 28.4 Å². The molecule has 0 spiro atoms. The van der Waals surface area contributed by atoms with Gasteiger partial charge in [-0.3, -0.25) is 0 Å². The van der Waals surface area contributed by atoms with Crippen molar-refractivity contribution in [3.05, 3.63) is 0 Å². The third-order valence-electron chi connectivity index (χ3n) is 1.93. The molecule has 1 atom stereocenters. The van der Waals surface area contributed by atoms with Crippen LogP contribution in [0.3, 0.4) is 0 Å². The van der Waals surface area contributed by atoms with Crippen LogP contribution in [-0.4, -0.2) is 81.3 Å². The van der Waals surface area contributed by atoms with Gasteiger partial charge in [0.2, 0.25) is 0 Å². The Morgan fingerprint density at radius 1 is 0.815 bits per heavy atom. The van der Waals surface area contributed by atoms with Gasteiger partial charge >= 0.3 is 12.3 Å². The van der Waals surface area contributed by atoms with E-state index in [4.69, 9.17) is 10.2 Å². The SMILES string of the molecule is CC(COC(=O)O)OC(=O)[O-].COC(C)OC.O=C([O-])OCCOC(=O)O. The van der Waals surface area contributed by atoms with Crippen LogP contribution in [0.4, 0.5) is 19.2 Å². The molecule has 0 fully saturated rings. The highest BCUT2D eigenvalue weighted by Crippen LogP contribution is 1.91. The average molecular weight is 402 g/mol. The van der Waals surface area contributed by atoms with Crippen LogP contribution in [0.25, 0.3) is 0 Å².